The Morgan fingerprint density at radius 1 is 1.48 bits per heavy atom. The summed E-state index contributed by atoms with van der Waals surface area (Å²) in [6.45, 7) is 1.05. The second kappa shape index (κ2) is 5.83. The molecule has 21 heavy (non-hydrogen) atoms. The number of likely N-dealkylation sites (tertiary alicyclic amines) is 1. The Morgan fingerprint density at radius 3 is 3.10 bits per heavy atom. The van der Waals surface area contributed by atoms with Crippen molar-refractivity contribution in [3.63, 3.8) is 0 Å². The topological polar surface area (TPSA) is 72.9 Å². The first-order valence-electron chi connectivity index (χ1n) is 7.18. The number of hydrogen-bond acceptors (Lipinski definition) is 4. The van der Waals surface area contributed by atoms with Crippen molar-refractivity contribution in [2.24, 2.45) is 5.73 Å². The quantitative estimate of drug-likeness (QED) is 0.910. The van der Waals surface area contributed by atoms with Gasteiger partial charge in [-0.2, -0.15) is 0 Å². The van der Waals surface area contributed by atoms with Gasteiger partial charge in [-0.25, -0.2) is 4.98 Å². The van der Waals surface area contributed by atoms with E-state index in [0.29, 0.717) is 26.0 Å². The van der Waals surface area contributed by atoms with Gasteiger partial charge in [-0.1, -0.05) is 6.07 Å². The van der Waals surface area contributed by atoms with Crippen molar-refractivity contribution in [2.75, 3.05) is 20.3 Å². The molecule has 112 valence electrons. The number of hydrogen-bond donors (Lipinski definition) is 1. The Balaban J connectivity index is 1.96. The summed E-state index contributed by atoms with van der Waals surface area (Å²) in [6.07, 6.45) is 5.09. The van der Waals surface area contributed by atoms with Crippen LogP contribution >= 0.6 is 0 Å². The molecule has 0 spiro atoms. The third-order valence-electron chi connectivity index (χ3n) is 3.98. The van der Waals surface area contributed by atoms with E-state index in [2.05, 4.69) is 4.98 Å². The molecule has 1 aliphatic rings. The molecule has 0 aromatic carbocycles. The number of methoxy groups -OCH3 is 1. The summed E-state index contributed by atoms with van der Waals surface area (Å²) in [7, 11) is 1.63. The molecule has 1 aliphatic heterocycles. The van der Waals surface area contributed by atoms with Gasteiger partial charge in [-0.15, -0.1) is 0 Å². The molecule has 2 aromatic heterocycles. The largest absolute Gasteiger partial charge is 0.383 e. The normalized spacial score (nSPS) is 23.0. The summed E-state index contributed by atoms with van der Waals surface area (Å²) in [6, 6.07) is 5.57. The van der Waals surface area contributed by atoms with Gasteiger partial charge in [-0.3, -0.25) is 4.79 Å². The van der Waals surface area contributed by atoms with Crippen LogP contribution < -0.4 is 5.73 Å². The van der Waals surface area contributed by atoms with Gasteiger partial charge in [0.25, 0.3) is 0 Å². The first-order chi connectivity index (χ1) is 10.2. The van der Waals surface area contributed by atoms with Crippen LogP contribution in [0.1, 0.15) is 24.6 Å². The number of pyridine rings is 1. The molecule has 0 radical (unpaired) electrons. The molecule has 2 atom stereocenters. The molecule has 1 amide bonds. The summed E-state index contributed by atoms with van der Waals surface area (Å²) in [5, 5.41) is 0. The molecule has 2 unspecified atom stereocenters. The first kappa shape index (κ1) is 14.0. The van der Waals surface area contributed by atoms with Gasteiger partial charge in [0.05, 0.1) is 18.3 Å². The molecule has 1 fully saturated rings. The minimum absolute atomic E-state index is 0.0931. The summed E-state index contributed by atoms with van der Waals surface area (Å²) < 4.78 is 7.06. The van der Waals surface area contributed by atoms with Gasteiger partial charge in [0, 0.05) is 38.5 Å². The zero-order chi connectivity index (χ0) is 14.8. The minimum atomic E-state index is -0.179. The fourth-order valence-electron chi connectivity index (χ4n) is 2.91. The van der Waals surface area contributed by atoms with E-state index in [0.717, 1.165) is 11.3 Å². The van der Waals surface area contributed by atoms with Crippen molar-refractivity contribution >= 4 is 11.6 Å². The van der Waals surface area contributed by atoms with E-state index in [4.69, 9.17) is 10.5 Å². The van der Waals surface area contributed by atoms with Crippen LogP contribution in [-0.2, 0) is 9.53 Å². The number of piperidine rings is 1. The number of rotatable bonds is 4. The lowest BCUT2D eigenvalue weighted by Crippen LogP contribution is -2.50. The number of fused-ring (bicyclic) bond motifs is 1. The summed E-state index contributed by atoms with van der Waals surface area (Å²) in [5.74, 6) is 0.121. The van der Waals surface area contributed by atoms with E-state index in [1.807, 2.05) is 35.0 Å². The standard InChI is InChI=1S/C15H20N4O2/c1-21-9-8-19-14(20)6-5-11(16)15(19)12-10-18-7-3-2-4-13(18)17-12/h2-4,7,10-11,15H,5-6,8-9,16H2,1H3. The number of aromatic nitrogens is 2. The van der Waals surface area contributed by atoms with Crippen LogP contribution in [0.25, 0.3) is 5.65 Å². The van der Waals surface area contributed by atoms with Crippen LogP contribution in [0, 0.1) is 0 Å². The number of nitrogens with zero attached hydrogens (tertiary/aromatic N) is 3. The Bertz CT molecular complexity index is 606. The summed E-state index contributed by atoms with van der Waals surface area (Å²) >= 11 is 0. The van der Waals surface area contributed by atoms with E-state index in [1.165, 1.54) is 0 Å². The predicted molar refractivity (Wildman–Crippen MR) is 78.7 cm³/mol. The summed E-state index contributed by atoms with van der Waals surface area (Å²) in [5.41, 5.74) is 7.98. The third-order valence-corrected chi connectivity index (χ3v) is 3.98. The smallest absolute Gasteiger partial charge is 0.223 e. The molecule has 6 nitrogen and oxygen atoms in total. The fraction of sp³-hybridized carbons (Fsp3) is 0.467. The van der Waals surface area contributed by atoms with E-state index in [-0.39, 0.29) is 18.0 Å². The number of imidazole rings is 1. The SMILES string of the molecule is COCCN1C(=O)CCC(N)C1c1cn2ccccc2n1. The minimum Gasteiger partial charge on any atom is -0.383 e. The van der Waals surface area contributed by atoms with Crippen molar-refractivity contribution in [3.8, 4) is 0 Å². The molecule has 1 saturated heterocycles. The maximum absolute atomic E-state index is 12.2. The first-order valence-corrected chi connectivity index (χ1v) is 7.18. The van der Waals surface area contributed by atoms with Gasteiger partial charge in [0.15, 0.2) is 0 Å². The average molecular weight is 288 g/mol. The van der Waals surface area contributed by atoms with Crippen LogP contribution in [0.3, 0.4) is 0 Å². The molecule has 3 rings (SSSR count). The Labute approximate surface area is 123 Å². The van der Waals surface area contributed by atoms with E-state index < -0.39 is 0 Å². The molecular weight excluding hydrogens is 268 g/mol. The molecular formula is C15H20N4O2. The van der Waals surface area contributed by atoms with Crippen LogP contribution in [0.15, 0.2) is 30.6 Å². The van der Waals surface area contributed by atoms with Gasteiger partial charge in [0.2, 0.25) is 5.91 Å². The molecule has 0 bridgehead atoms. The van der Waals surface area contributed by atoms with Crippen molar-refractivity contribution in [3.05, 3.63) is 36.3 Å². The van der Waals surface area contributed by atoms with Crippen LogP contribution in [-0.4, -0.2) is 46.5 Å². The van der Waals surface area contributed by atoms with E-state index in [9.17, 15) is 4.79 Å². The van der Waals surface area contributed by atoms with Gasteiger partial charge in [0.1, 0.15) is 5.65 Å². The Morgan fingerprint density at radius 2 is 2.33 bits per heavy atom. The zero-order valence-corrected chi connectivity index (χ0v) is 12.1. The van der Waals surface area contributed by atoms with E-state index >= 15 is 0 Å². The molecule has 0 aliphatic carbocycles. The summed E-state index contributed by atoms with van der Waals surface area (Å²) in [4.78, 5) is 18.7. The molecule has 6 heteroatoms. The Hall–Kier alpha value is -1.92. The van der Waals surface area contributed by atoms with Crippen molar-refractivity contribution in [1.29, 1.82) is 0 Å². The zero-order valence-electron chi connectivity index (χ0n) is 12.1. The number of carbonyl (C=O) groups is 1. The monoisotopic (exact) mass is 288 g/mol. The predicted octanol–water partition coefficient (Wildman–Crippen LogP) is 0.971. The highest BCUT2D eigenvalue weighted by Crippen LogP contribution is 2.30. The number of ether oxygens (including phenoxy) is 1. The van der Waals surface area contributed by atoms with Crippen LogP contribution in [0.4, 0.5) is 0 Å². The van der Waals surface area contributed by atoms with Crippen LogP contribution in [0.5, 0.6) is 0 Å². The van der Waals surface area contributed by atoms with Gasteiger partial charge < -0.3 is 19.8 Å². The third kappa shape index (κ3) is 2.64. The number of nitrogens with two attached hydrogens (primary N) is 1. The number of amides is 1. The number of carbonyl (C=O) groups excluding carboxylic acids is 1. The molecule has 3 heterocycles. The fourth-order valence-corrected chi connectivity index (χ4v) is 2.91. The molecule has 2 aromatic rings. The van der Waals surface area contributed by atoms with E-state index in [1.54, 1.807) is 12.0 Å². The highest BCUT2D eigenvalue weighted by Gasteiger charge is 2.36. The average Bonchev–Trinajstić information content (AvgIpc) is 2.91. The van der Waals surface area contributed by atoms with Crippen molar-refractivity contribution < 1.29 is 9.53 Å². The maximum Gasteiger partial charge on any atom is 0.223 e. The molecule has 2 N–H and O–H groups in total. The lowest BCUT2D eigenvalue weighted by atomic mass is 9.94. The lowest BCUT2D eigenvalue weighted by molar-refractivity contribution is -0.138. The van der Waals surface area contributed by atoms with Gasteiger partial charge >= 0.3 is 0 Å². The van der Waals surface area contributed by atoms with Crippen LogP contribution in [0.2, 0.25) is 0 Å². The van der Waals surface area contributed by atoms with Crippen molar-refractivity contribution in [2.45, 2.75) is 24.9 Å². The van der Waals surface area contributed by atoms with Crippen molar-refractivity contribution in [1.82, 2.24) is 14.3 Å². The Kier molecular flexibility index (Phi) is 3.90. The second-order valence-corrected chi connectivity index (χ2v) is 5.36. The maximum atomic E-state index is 12.2. The second-order valence-electron chi connectivity index (χ2n) is 5.36. The highest BCUT2D eigenvalue weighted by molar-refractivity contribution is 5.77. The van der Waals surface area contributed by atoms with Gasteiger partial charge in [-0.05, 0) is 18.6 Å². The lowest BCUT2D eigenvalue weighted by Gasteiger charge is -2.38. The molecule has 0 saturated carbocycles. The highest BCUT2D eigenvalue weighted by atomic mass is 16.5.